The Kier molecular flexibility index (Phi) is 8.06. The van der Waals surface area contributed by atoms with Crippen molar-refractivity contribution in [3.8, 4) is 0 Å². The number of aryl methyl sites for hydroxylation is 1. The monoisotopic (exact) mass is 465 g/mol. The van der Waals surface area contributed by atoms with Crippen LogP contribution in [0.1, 0.15) is 35.3 Å². The Labute approximate surface area is 197 Å². The van der Waals surface area contributed by atoms with E-state index in [0.29, 0.717) is 10.5 Å². The number of rotatable bonds is 8. The maximum Gasteiger partial charge on any atom is 0.293 e. The first-order valence-corrected chi connectivity index (χ1v) is 11.5. The van der Waals surface area contributed by atoms with Crippen LogP contribution in [0.2, 0.25) is 0 Å². The van der Waals surface area contributed by atoms with Gasteiger partial charge in [-0.15, -0.1) is 0 Å². The molecule has 1 saturated heterocycles. The first kappa shape index (κ1) is 24.3. The van der Waals surface area contributed by atoms with Crippen molar-refractivity contribution in [2.45, 2.75) is 26.8 Å². The molecule has 0 aliphatic carbocycles. The largest absolute Gasteiger partial charge is 0.353 e. The van der Waals surface area contributed by atoms with Crippen molar-refractivity contribution in [3.05, 3.63) is 76.2 Å². The van der Waals surface area contributed by atoms with Crippen molar-refractivity contribution in [1.29, 1.82) is 0 Å². The highest BCUT2D eigenvalue weighted by molar-refractivity contribution is 8.18. The third-order valence-corrected chi connectivity index (χ3v) is 6.14. The van der Waals surface area contributed by atoms with Crippen molar-refractivity contribution in [1.82, 2.24) is 15.5 Å². The minimum atomic E-state index is -0.745. The number of hydrogen-bond donors (Lipinski definition) is 2. The van der Waals surface area contributed by atoms with Crippen LogP contribution in [0.4, 0.5) is 4.79 Å². The zero-order chi connectivity index (χ0) is 24.0. The summed E-state index contributed by atoms with van der Waals surface area (Å²) in [6.07, 6.45) is 1.68. The molecule has 1 unspecified atom stereocenters. The topological polar surface area (TPSA) is 95.6 Å². The number of carbonyl (C=O) groups excluding carboxylic acids is 4. The number of carbonyl (C=O) groups is 4. The Bertz CT molecular complexity index is 1080. The first-order chi connectivity index (χ1) is 15.8. The van der Waals surface area contributed by atoms with Crippen LogP contribution in [0.5, 0.6) is 0 Å². The molecule has 1 heterocycles. The summed E-state index contributed by atoms with van der Waals surface area (Å²) in [5.41, 5.74) is 2.17. The maximum absolute atomic E-state index is 12.7. The quantitative estimate of drug-likeness (QED) is 0.581. The van der Waals surface area contributed by atoms with Crippen molar-refractivity contribution >= 4 is 40.8 Å². The van der Waals surface area contributed by atoms with Gasteiger partial charge in [0, 0.05) is 18.7 Å². The van der Waals surface area contributed by atoms with E-state index in [4.69, 9.17) is 0 Å². The van der Waals surface area contributed by atoms with E-state index in [0.717, 1.165) is 27.8 Å². The van der Waals surface area contributed by atoms with Crippen LogP contribution in [0, 0.1) is 12.8 Å². The van der Waals surface area contributed by atoms with Gasteiger partial charge in [0.2, 0.25) is 5.91 Å². The van der Waals surface area contributed by atoms with Gasteiger partial charge in [0.05, 0.1) is 4.91 Å². The fourth-order valence-corrected chi connectivity index (χ4v) is 4.24. The molecule has 0 aromatic heterocycles. The van der Waals surface area contributed by atoms with Gasteiger partial charge in [-0.1, -0.05) is 62.4 Å². The number of imide groups is 1. The lowest BCUT2D eigenvalue weighted by Crippen LogP contribution is -2.51. The second kappa shape index (κ2) is 11.0. The summed E-state index contributed by atoms with van der Waals surface area (Å²) >= 11 is 0.883. The smallest absolute Gasteiger partial charge is 0.293 e. The minimum absolute atomic E-state index is 0.0547. The van der Waals surface area contributed by atoms with E-state index < -0.39 is 6.04 Å². The number of benzene rings is 2. The van der Waals surface area contributed by atoms with Crippen LogP contribution in [-0.2, 0) is 9.59 Å². The van der Waals surface area contributed by atoms with Gasteiger partial charge in [0.1, 0.15) is 6.04 Å². The van der Waals surface area contributed by atoms with E-state index in [1.807, 2.05) is 63.2 Å². The maximum atomic E-state index is 12.7. The minimum Gasteiger partial charge on any atom is -0.353 e. The van der Waals surface area contributed by atoms with Gasteiger partial charge in [-0.2, -0.15) is 0 Å². The fourth-order valence-electron chi connectivity index (χ4n) is 3.38. The Morgan fingerprint density at radius 2 is 1.70 bits per heavy atom. The molecule has 1 aliphatic heterocycles. The summed E-state index contributed by atoms with van der Waals surface area (Å²) < 4.78 is 0. The molecule has 2 aromatic carbocycles. The molecule has 172 valence electrons. The molecule has 0 radical (unpaired) electrons. The molecular formula is C25H27N3O4S. The fraction of sp³-hybridized carbons (Fsp3) is 0.280. The molecule has 33 heavy (non-hydrogen) atoms. The third kappa shape index (κ3) is 6.10. The molecule has 1 atom stereocenters. The SMILES string of the molecule is Cc1ccccc1C(=O)NC(C(=O)NCCN1C(=O)S/C(=C\c2ccccc2)C1=O)C(C)C. The lowest BCUT2D eigenvalue weighted by Gasteiger charge is -2.22. The zero-order valence-electron chi connectivity index (χ0n) is 18.8. The summed E-state index contributed by atoms with van der Waals surface area (Å²) in [5, 5.41) is 5.16. The predicted octanol–water partition coefficient (Wildman–Crippen LogP) is 3.60. The second-order valence-corrected chi connectivity index (χ2v) is 9.04. The molecule has 1 fully saturated rings. The average Bonchev–Trinajstić information content (AvgIpc) is 3.05. The van der Waals surface area contributed by atoms with E-state index in [2.05, 4.69) is 10.6 Å². The molecule has 1 aliphatic rings. The van der Waals surface area contributed by atoms with E-state index in [1.165, 1.54) is 0 Å². The number of thioether (sulfide) groups is 1. The van der Waals surface area contributed by atoms with E-state index >= 15 is 0 Å². The Hall–Kier alpha value is -3.39. The van der Waals surface area contributed by atoms with Crippen molar-refractivity contribution in [2.75, 3.05) is 13.1 Å². The van der Waals surface area contributed by atoms with Crippen LogP contribution in [0.15, 0.2) is 59.5 Å². The number of nitrogens with one attached hydrogen (secondary N) is 2. The third-order valence-electron chi connectivity index (χ3n) is 5.23. The van der Waals surface area contributed by atoms with E-state index in [9.17, 15) is 19.2 Å². The van der Waals surface area contributed by atoms with Gasteiger partial charge in [-0.3, -0.25) is 24.1 Å². The van der Waals surface area contributed by atoms with Gasteiger partial charge in [0.25, 0.3) is 17.1 Å². The standard InChI is InChI=1S/C25H27N3O4S/c1-16(2)21(27-22(29)19-12-8-7-9-17(19)3)23(30)26-13-14-28-24(31)20(33-25(28)32)15-18-10-5-4-6-11-18/h4-12,15-16,21H,13-14H2,1-3H3,(H,26,30)(H,27,29)/b20-15-. The normalized spacial score (nSPS) is 15.8. The molecule has 0 bridgehead atoms. The molecule has 3 rings (SSSR count). The Morgan fingerprint density at radius 3 is 2.36 bits per heavy atom. The second-order valence-electron chi connectivity index (χ2n) is 8.05. The lowest BCUT2D eigenvalue weighted by molar-refractivity contribution is -0.125. The van der Waals surface area contributed by atoms with Crippen molar-refractivity contribution in [3.63, 3.8) is 0 Å². The van der Waals surface area contributed by atoms with Gasteiger partial charge in [0.15, 0.2) is 0 Å². The lowest BCUT2D eigenvalue weighted by atomic mass is 10.0. The highest BCUT2D eigenvalue weighted by atomic mass is 32.2. The van der Waals surface area contributed by atoms with Gasteiger partial charge in [-0.05, 0) is 47.9 Å². The van der Waals surface area contributed by atoms with Crippen LogP contribution in [-0.4, -0.2) is 47.0 Å². The highest BCUT2D eigenvalue weighted by Crippen LogP contribution is 2.31. The molecule has 2 N–H and O–H groups in total. The Balaban J connectivity index is 1.57. The molecule has 0 saturated carbocycles. The van der Waals surface area contributed by atoms with Gasteiger partial charge in [-0.25, -0.2) is 0 Å². The predicted molar refractivity (Wildman–Crippen MR) is 129 cm³/mol. The summed E-state index contributed by atoms with van der Waals surface area (Å²) in [6.45, 7) is 5.67. The van der Waals surface area contributed by atoms with Gasteiger partial charge < -0.3 is 10.6 Å². The van der Waals surface area contributed by atoms with Crippen LogP contribution < -0.4 is 10.6 Å². The molecule has 0 spiro atoms. The van der Waals surface area contributed by atoms with Crippen LogP contribution >= 0.6 is 11.8 Å². The van der Waals surface area contributed by atoms with Crippen LogP contribution in [0.25, 0.3) is 6.08 Å². The molecule has 2 aromatic rings. The first-order valence-electron chi connectivity index (χ1n) is 10.7. The average molecular weight is 466 g/mol. The number of hydrogen-bond acceptors (Lipinski definition) is 5. The zero-order valence-corrected chi connectivity index (χ0v) is 19.6. The van der Waals surface area contributed by atoms with Gasteiger partial charge >= 0.3 is 0 Å². The van der Waals surface area contributed by atoms with E-state index in [1.54, 1.807) is 18.2 Å². The molecule has 4 amide bonds. The Morgan fingerprint density at radius 1 is 1.03 bits per heavy atom. The summed E-state index contributed by atoms with van der Waals surface area (Å²) in [6, 6.07) is 15.7. The van der Waals surface area contributed by atoms with Crippen molar-refractivity contribution < 1.29 is 19.2 Å². The number of nitrogens with zero attached hydrogens (tertiary/aromatic N) is 1. The molecule has 8 heteroatoms. The summed E-state index contributed by atoms with van der Waals surface area (Å²) in [5.74, 6) is -1.21. The van der Waals surface area contributed by atoms with Crippen molar-refractivity contribution in [2.24, 2.45) is 5.92 Å². The molecule has 7 nitrogen and oxygen atoms in total. The highest BCUT2D eigenvalue weighted by Gasteiger charge is 2.35. The van der Waals surface area contributed by atoms with Crippen LogP contribution in [0.3, 0.4) is 0 Å². The summed E-state index contributed by atoms with van der Waals surface area (Å²) in [7, 11) is 0. The summed E-state index contributed by atoms with van der Waals surface area (Å²) in [4.78, 5) is 51.8. The number of amides is 4. The molecular weight excluding hydrogens is 438 g/mol. The van der Waals surface area contributed by atoms with E-state index in [-0.39, 0.29) is 42.0 Å².